The summed E-state index contributed by atoms with van der Waals surface area (Å²) < 4.78 is 26.1. The van der Waals surface area contributed by atoms with Crippen LogP contribution in [-0.2, 0) is 9.84 Å². The Morgan fingerprint density at radius 3 is 2.44 bits per heavy atom. The zero-order valence-corrected chi connectivity index (χ0v) is 15.8. The Balaban J connectivity index is 1.81. The van der Waals surface area contributed by atoms with E-state index < -0.39 is 9.84 Å². The molecule has 0 spiro atoms. The number of hydrogen-bond donors (Lipinski definition) is 0. The highest BCUT2D eigenvalue weighted by Crippen LogP contribution is 2.33. The highest BCUT2D eigenvalue weighted by Gasteiger charge is 2.25. The number of rotatable bonds is 6. The van der Waals surface area contributed by atoms with Gasteiger partial charge < -0.3 is 0 Å². The zero-order valence-electron chi connectivity index (χ0n) is 13.4. The number of sulfone groups is 1. The van der Waals surface area contributed by atoms with Crippen LogP contribution >= 0.6 is 23.1 Å². The molecule has 0 atom stereocenters. The molecule has 2 aromatic carbocycles. The number of carbonyl (C=O) groups excluding carboxylic acids is 1. The van der Waals surface area contributed by atoms with Crippen LogP contribution < -0.4 is 0 Å². The van der Waals surface area contributed by atoms with Crippen LogP contribution in [0.4, 0.5) is 0 Å². The summed E-state index contributed by atoms with van der Waals surface area (Å²) >= 11 is 2.44. The summed E-state index contributed by atoms with van der Waals surface area (Å²) in [5, 5.41) is 0.0206. The molecule has 0 amide bonds. The van der Waals surface area contributed by atoms with Crippen LogP contribution in [0.5, 0.6) is 0 Å². The Kier molecular flexibility index (Phi) is 5.36. The summed E-state index contributed by atoms with van der Waals surface area (Å²) in [6.45, 7) is 1.90. The lowest BCUT2D eigenvalue weighted by Crippen LogP contribution is -2.05. The number of Topliss-reactive ketones (excluding diaryl/α,β-unsaturated/α-hetero) is 1. The second-order valence-electron chi connectivity index (χ2n) is 5.34. The lowest BCUT2D eigenvalue weighted by atomic mass is 10.2. The largest absolute Gasteiger partial charge is 0.293 e. The smallest absolute Gasteiger partial charge is 0.225 e. The molecule has 25 heavy (non-hydrogen) atoms. The molecule has 0 fully saturated rings. The van der Waals surface area contributed by atoms with Gasteiger partial charge in [-0.25, -0.2) is 13.4 Å². The first-order valence-corrected chi connectivity index (χ1v) is 10.8. The van der Waals surface area contributed by atoms with Crippen LogP contribution in [0.2, 0.25) is 0 Å². The molecule has 7 heteroatoms. The van der Waals surface area contributed by atoms with E-state index in [9.17, 15) is 13.2 Å². The van der Waals surface area contributed by atoms with E-state index in [4.69, 9.17) is 0 Å². The fourth-order valence-corrected chi connectivity index (χ4v) is 5.93. The third kappa shape index (κ3) is 4.00. The molecular weight excluding hydrogens is 374 g/mol. The van der Waals surface area contributed by atoms with Crippen molar-refractivity contribution in [1.29, 1.82) is 0 Å². The van der Waals surface area contributed by atoms with Gasteiger partial charge in [0.2, 0.25) is 9.84 Å². The molecule has 0 saturated heterocycles. The maximum atomic E-state index is 12.8. The maximum absolute atomic E-state index is 12.8. The molecule has 0 aliphatic carbocycles. The third-order valence-corrected chi connectivity index (χ3v) is 7.61. The molecule has 0 N–H and O–H groups in total. The van der Waals surface area contributed by atoms with Gasteiger partial charge in [0.05, 0.1) is 20.4 Å². The summed E-state index contributed by atoms with van der Waals surface area (Å²) in [6, 6.07) is 15.6. The highest BCUT2D eigenvalue weighted by atomic mass is 32.2. The van der Waals surface area contributed by atoms with Gasteiger partial charge >= 0.3 is 0 Å². The third-order valence-electron chi connectivity index (χ3n) is 3.52. The Morgan fingerprint density at radius 1 is 1.08 bits per heavy atom. The number of carbonyl (C=O) groups is 1. The van der Waals surface area contributed by atoms with E-state index in [1.807, 2.05) is 13.0 Å². The van der Waals surface area contributed by atoms with E-state index in [1.165, 1.54) is 28.6 Å². The Hall–Kier alpha value is -1.96. The fraction of sp³-hybridized carbons (Fsp3) is 0.111. The maximum Gasteiger partial charge on any atom is 0.225 e. The van der Waals surface area contributed by atoms with Crippen molar-refractivity contribution < 1.29 is 13.2 Å². The van der Waals surface area contributed by atoms with E-state index in [1.54, 1.807) is 48.5 Å². The summed E-state index contributed by atoms with van der Waals surface area (Å²) in [6.07, 6.45) is 0. The number of ketones is 1. The number of hydrogen-bond acceptors (Lipinski definition) is 6. The number of aryl methyl sites for hydroxylation is 1. The minimum absolute atomic E-state index is 0.0206. The molecule has 4 nitrogen and oxygen atoms in total. The van der Waals surface area contributed by atoms with Crippen LogP contribution in [0.1, 0.15) is 15.9 Å². The van der Waals surface area contributed by atoms with Crippen LogP contribution in [0.25, 0.3) is 0 Å². The number of thiazole rings is 1. The summed E-state index contributed by atoms with van der Waals surface area (Å²) in [5.74, 6) is 0.125. The van der Waals surface area contributed by atoms with Crippen molar-refractivity contribution in [3.05, 3.63) is 71.2 Å². The quantitative estimate of drug-likeness (QED) is 0.466. The molecule has 0 aliphatic heterocycles. The topological polar surface area (TPSA) is 64.1 Å². The van der Waals surface area contributed by atoms with E-state index in [-0.39, 0.29) is 21.5 Å². The molecule has 0 aliphatic rings. The average molecular weight is 390 g/mol. The predicted molar refractivity (Wildman–Crippen MR) is 100 cm³/mol. The standard InChI is InChI=1S/C18H15NO3S3/c1-13-7-9-15(10-8-13)25(21,22)17-18(24-12-19-17)23-11-16(20)14-5-3-2-4-6-14/h2-10,12H,11H2,1H3. The summed E-state index contributed by atoms with van der Waals surface area (Å²) in [7, 11) is -3.69. The lowest BCUT2D eigenvalue weighted by Gasteiger charge is -2.05. The van der Waals surface area contributed by atoms with Crippen molar-refractivity contribution >= 4 is 38.7 Å². The number of thioether (sulfide) groups is 1. The molecule has 3 aromatic rings. The van der Waals surface area contributed by atoms with Gasteiger partial charge in [-0.1, -0.05) is 48.0 Å². The molecule has 1 heterocycles. The van der Waals surface area contributed by atoms with Gasteiger partial charge in [-0.3, -0.25) is 4.79 Å². The van der Waals surface area contributed by atoms with Crippen molar-refractivity contribution in [2.45, 2.75) is 21.1 Å². The minimum atomic E-state index is -3.69. The van der Waals surface area contributed by atoms with Crippen molar-refractivity contribution in [3.8, 4) is 0 Å². The van der Waals surface area contributed by atoms with Crippen LogP contribution in [0.3, 0.4) is 0 Å². The monoisotopic (exact) mass is 389 g/mol. The van der Waals surface area contributed by atoms with Gasteiger partial charge in [0, 0.05) is 5.56 Å². The number of nitrogens with zero attached hydrogens (tertiary/aromatic N) is 1. The van der Waals surface area contributed by atoms with Gasteiger partial charge in [-0.2, -0.15) is 0 Å². The molecule has 0 saturated carbocycles. The first kappa shape index (κ1) is 17.8. The summed E-state index contributed by atoms with van der Waals surface area (Å²) in [5.41, 5.74) is 3.10. The first-order valence-electron chi connectivity index (χ1n) is 7.45. The molecule has 3 rings (SSSR count). The highest BCUT2D eigenvalue weighted by molar-refractivity contribution is 8.02. The van der Waals surface area contributed by atoms with Crippen molar-refractivity contribution in [3.63, 3.8) is 0 Å². The average Bonchev–Trinajstić information content (AvgIpc) is 3.10. The molecule has 0 radical (unpaired) electrons. The van der Waals surface area contributed by atoms with Gasteiger partial charge in [-0.15, -0.1) is 23.1 Å². The fourth-order valence-electron chi connectivity index (χ4n) is 2.17. The number of aromatic nitrogens is 1. The Morgan fingerprint density at radius 2 is 1.76 bits per heavy atom. The molecule has 1 aromatic heterocycles. The first-order chi connectivity index (χ1) is 12.0. The Bertz CT molecular complexity index is 978. The van der Waals surface area contributed by atoms with Crippen LogP contribution in [0, 0.1) is 6.92 Å². The second-order valence-corrected chi connectivity index (χ2v) is 9.30. The number of benzene rings is 2. The van der Waals surface area contributed by atoms with Gasteiger partial charge in [0.15, 0.2) is 10.8 Å². The lowest BCUT2D eigenvalue weighted by molar-refractivity contribution is 0.102. The molecular formula is C18H15NO3S3. The molecule has 0 bridgehead atoms. The second kappa shape index (κ2) is 7.51. The van der Waals surface area contributed by atoms with E-state index >= 15 is 0 Å². The zero-order chi connectivity index (χ0) is 17.9. The Labute approximate surface area is 154 Å². The molecule has 0 unspecified atom stereocenters. The van der Waals surface area contributed by atoms with Crippen molar-refractivity contribution in [2.24, 2.45) is 0 Å². The summed E-state index contributed by atoms with van der Waals surface area (Å²) in [4.78, 5) is 16.5. The van der Waals surface area contributed by atoms with Gasteiger partial charge in [0.25, 0.3) is 0 Å². The van der Waals surface area contributed by atoms with E-state index in [0.717, 1.165) is 5.56 Å². The van der Waals surface area contributed by atoms with Gasteiger partial charge in [0.1, 0.15) is 0 Å². The van der Waals surface area contributed by atoms with Crippen molar-refractivity contribution in [2.75, 3.05) is 5.75 Å². The van der Waals surface area contributed by atoms with E-state index in [2.05, 4.69) is 4.98 Å². The minimum Gasteiger partial charge on any atom is -0.293 e. The van der Waals surface area contributed by atoms with Crippen LogP contribution in [0.15, 0.2) is 74.2 Å². The SMILES string of the molecule is Cc1ccc(S(=O)(=O)c2ncsc2SCC(=O)c2ccccc2)cc1. The van der Waals surface area contributed by atoms with Crippen molar-refractivity contribution in [1.82, 2.24) is 4.98 Å². The van der Waals surface area contributed by atoms with Crippen LogP contribution in [-0.4, -0.2) is 24.9 Å². The normalized spacial score (nSPS) is 11.4. The molecule has 128 valence electrons. The van der Waals surface area contributed by atoms with Gasteiger partial charge in [-0.05, 0) is 19.1 Å². The van der Waals surface area contributed by atoms with E-state index in [0.29, 0.717) is 9.77 Å². The predicted octanol–water partition coefficient (Wildman–Crippen LogP) is 4.26.